The number of benzene rings is 1. The van der Waals surface area contributed by atoms with Crippen LogP contribution < -0.4 is 21.3 Å². The van der Waals surface area contributed by atoms with Gasteiger partial charge >= 0.3 is 0 Å². The molecule has 9 heteroatoms. The zero-order chi connectivity index (χ0) is 27.2. The summed E-state index contributed by atoms with van der Waals surface area (Å²) in [5, 5.41) is 6.24. The highest BCUT2D eigenvalue weighted by Gasteiger charge is 2.36. The lowest BCUT2D eigenvalue weighted by atomic mass is 9.95. The van der Waals surface area contributed by atoms with Gasteiger partial charge in [0.05, 0.1) is 5.69 Å². The van der Waals surface area contributed by atoms with Crippen molar-refractivity contribution in [2.75, 3.05) is 10.6 Å². The van der Waals surface area contributed by atoms with Crippen LogP contribution in [0, 0.1) is 13.8 Å². The Kier molecular flexibility index (Phi) is 9.41. The second-order valence-corrected chi connectivity index (χ2v) is 11.5. The molecule has 0 spiro atoms. The fraction of sp³-hybridized carbons (Fsp3) is 0.586. The van der Waals surface area contributed by atoms with E-state index in [1.54, 1.807) is 4.90 Å². The van der Waals surface area contributed by atoms with Crippen LogP contribution in [-0.4, -0.2) is 40.2 Å². The zero-order valence-electron chi connectivity index (χ0n) is 22.8. The lowest BCUT2D eigenvalue weighted by Crippen LogP contribution is -2.52. The van der Waals surface area contributed by atoms with Gasteiger partial charge in [-0.05, 0) is 74.7 Å². The van der Waals surface area contributed by atoms with Crippen LogP contribution in [0.3, 0.4) is 0 Å². The third-order valence-corrected chi connectivity index (χ3v) is 8.86. The predicted octanol–water partition coefficient (Wildman–Crippen LogP) is 5.28. The monoisotopic (exact) mass is 539 g/mol. The summed E-state index contributed by atoms with van der Waals surface area (Å²) in [6.07, 6.45) is 10.6. The summed E-state index contributed by atoms with van der Waals surface area (Å²) in [5.74, 6) is -0.885. The van der Waals surface area contributed by atoms with Gasteiger partial charge in [0.2, 0.25) is 5.91 Å². The molecule has 0 bridgehead atoms. The average Bonchev–Trinajstić information content (AvgIpc) is 3.56. The zero-order valence-corrected chi connectivity index (χ0v) is 23.7. The van der Waals surface area contributed by atoms with E-state index < -0.39 is 11.9 Å². The molecular formula is C29H41N5O3S. The minimum Gasteiger partial charge on any atom is -0.395 e. The molecule has 0 aliphatic heterocycles. The highest BCUT2D eigenvalue weighted by molar-refractivity contribution is 7.09. The molecule has 2 aromatic rings. The molecule has 0 saturated heterocycles. The SMILES string of the molecule is CCCC(C(=O)NC1CCCC1)N(C(=O)c1snc(C(=O)NC2CCCCC2)c1N)c1cccc(C)c1C. The van der Waals surface area contributed by atoms with E-state index in [0.29, 0.717) is 12.1 Å². The van der Waals surface area contributed by atoms with Crippen molar-refractivity contribution >= 4 is 40.6 Å². The topological polar surface area (TPSA) is 117 Å². The Morgan fingerprint density at radius 3 is 2.32 bits per heavy atom. The molecule has 2 aliphatic carbocycles. The first-order valence-electron chi connectivity index (χ1n) is 14.1. The first kappa shape index (κ1) is 28.1. The van der Waals surface area contributed by atoms with Gasteiger partial charge in [0.1, 0.15) is 10.9 Å². The van der Waals surface area contributed by atoms with Crippen molar-refractivity contribution in [3.8, 4) is 0 Å². The van der Waals surface area contributed by atoms with E-state index in [2.05, 4.69) is 15.0 Å². The lowest BCUT2D eigenvalue weighted by molar-refractivity contribution is -0.123. The van der Waals surface area contributed by atoms with Gasteiger partial charge in [0.15, 0.2) is 5.69 Å². The summed E-state index contributed by atoms with van der Waals surface area (Å²) in [6, 6.07) is 5.31. The molecule has 1 atom stereocenters. The van der Waals surface area contributed by atoms with E-state index >= 15 is 0 Å². The number of nitrogens with one attached hydrogen (secondary N) is 2. The summed E-state index contributed by atoms with van der Waals surface area (Å²) in [7, 11) is 0. The van der Waals surface area contributed by atoms with Crippen LogP contribution in [0.15, 0.2) is 18.2 Å². The summed E-state index contributed by atoms with van der Waals surface area (Å²) >= 11 is 0.929. The molecule has 1 aromatic carbocycles. The number of carbonyl (C=O) groups is 3. The molecule has 2 saturated carbocycles. The Balaban J connectivity index is 1.67. The van der Waals surface area contributed by atoms with Gasteiger partial charge in [0, 0.05) is 17.8 Å². The smallest absolute Gasteiger partial charge is 0.273 e. The van der Waals surface area contributed by atoms with Gasteiger partial charge in [-0.2, -0.15) is 4.37 Å². The number of hydrogen-bond donors (Lipinski definition) is 3. The maximum absolute atomic E-state index is 14.2. The largest absolute Gasteiger partial charge is 0.395 e. The van der Waals surface area contributed by atoms with Crippen LogP contribution in [0.2, 0.25) is 0 Å². The van der Waals surface area contributed by atoms with Crippen molar-refractivity contribution in [2.24, 2.45) is 0 Å². The third-order valence-electron chi connectivity index (χ3n) is 8.01. The van der Waals surface area contributed by atoms with Gasteiger partial charge < -0.3 is 16.4 Å². The highest BCUT2D eigenvalue weighted by Crippen LogP contribution is 2.32. The van der Waals surface area contributed by atoms with Crippen molar-refractivity contribution in [3.05, 3.63) is 39.9 Å². The minimum atomic E-state index is -0.699. The van der Waals surface area contributed by atoms with Crippen LogP contribution in [0.4, 0.5) is 11.4 Å². The van der Waals surface area contributed by atoms with E-state index in [1.165, 1.54) is 6.42 Å². The Morgan fingerprint density at radius 2 is 1.66 bits per heavy atom. The van der Waals surface area contributed by atoms with Crippen molar-refractivity contribution in [3.63, 3.8) is 0 Å². The summed E-state index contributed by atoms with van der Waals surface area (Å²) in [4.78, 5) is 42.6. The van der Waals surface area contributed by atoms with Crippen LogP contribution in [0.5, 0.6) is 0 Å². The van der Waals surface area contributed by atoms with Gasteiger partial charge in [-0.15, -0.1) is 0 Å². The summed E-state index contributed by atoms with van der Waals surface area (Å²) < 4.78 is 4.31. The number of anilines is 2. The quantitative estimate of drug-likeness (QED) is 0.401. The molecule has 206 valence electrons. The fourth-order valence-electron chi connectivity index (χ4n) is 5.66. The standard InChI is InChI=1S/C29H41N5O3S/c1-4-11-23(27(35)31-20-15-8-9-16-20)34(22-17-10-12-18(2)19(22)3)29(37)26-24(30)25(33-38-26)28(36)32-21-13-6-5-7-14-21/h10,12,17,20-21,23H,4-9,11,13-16,30H2,1-3H3,(H,31,35)(H,32,36). The predicted molar refractivity (Wildman–Crippen MR) is 153 cm³/mol. The number of carbonyl (C=O) groups excluding carboxylic acids is 3. The second-order valence-electron chi connectivity index (χ2n) is 10.8. The van der Waals surface area contributed by atoms with E-state index in [1.807, 2.05) is 39.0 Å². The number of aryl methyl sites for hydroxylation is 1. The van der Waals surface area contributed by atoms with Crippen molar-refractivity contribution in [1.82, 2.24) is 15.0 Å². The number of hydrogen-bond acceptors (Lipinski definition) is 6. The van der Waals surface area contributed by atoms with Crippen molar-refractivity contribution in [2.45, 2.75) is 110 Å². The Hall–Kier alpha value is -2.94. The summed E-state index contributed by atoms with van der Waals surface area (Å²) in [6.45, 7) is 5.96. The van der Waals surface area contributed by atoms with Crippen LogP contribution in [-0.2, 0) is 4.79 Å². The molecule has 3 amide bonds. The van der Waals surface area contributed by atoms with Gasteiger partial charge in [-0.3, -0.25) is 19.3 Å². The molecule has 0 radical (unpaired) electrons. The maximum atomic E-state index is 14.2. The molecule has 1 heterocycles. The van der Waals surface area contributed by atoms with E-state index in [-0.39, 0.29) is 40.2 Å². The number of nitrogens with zero attached hydrogens (tertiary/aromatic N) is 2. The molecular weight excluding hydrogens is 498 g/mol. The van der Waals surface area contributed by atoms with Crippen LogP contribution >= 0.6 is 11.5 Å². The second kappa shape index (κ2) is 12.7. The number of nitrogen functional groups attached to an aromatic ring is 1. The number of rotatable bonds is 9. The van der Waals surface area contributed by atoms with Gasteiger partial charge in [-0.1, -0.05) is 57.6 Å². The maximum Gasteiger partial charge on any atom is 0.273 e. The van der Waals surface area contributed by atoms with Crippen molar-refractivity contribution in [1.29, 1.82) is 0 Å². The third kappa shape index (κ3) is 6.20. The van der Waals surface area contributed by atoms with Gasteiger partial charge in [0.25, 0.3) is 11.8 Å². The molecule has 38 heavy (non-hydrogen) atoms. The highest BCUT2D eigenvalue weighted by atomic mass is 32.1. The van der Waals surface area contributed by atoms with Gasteiger partial charge in [-0.25, -0.2) is 0 Å². The van der Waals surface area contributed by atoms with E-state index in [4.69, 9.17) is 5.73 Å². The van der Waals surface area contributed by atoms with Crippen LogP contribution in [0.1, 0.15) is 109 Å². The molecule has 2 fully saturated rings. The Bertz CT molecular complexity index is 1150. The van der Waals surface area contributed by atoms with Crippen LogP contribution in [0.25, 0.3) is 0 Å². The minimum absolute atomic E-state index is 0.0788. The van der Waals surface area contributed by atoms with E-state index in [9.17, 15) is 14.4 Å². The molecule has 1 unspecified atom stereocenters. The lowest BCUT2D eigenvalue weighted by Gasteiger charge is -2.33. The average molecular weight is 540 g/mol. The Labute approximate surface area is 229 Å². The molecule has 1 aromatic heterocycles. The fourth-order valence-corrected chi connectivity index (χ4v) is 6.39. The molecule has 4 N–H and O–H groups in total. The normalized spacial score (nSPS) is 17.2. The first-order valence-corrected chi connectivity index (χ1v) is 14.8. The molecule has 8 nitrogen and oxygen atoms in total. The number of aromatic nitrogens is 1. The molecule has 2 aliphatic rings. The molecule has 4 rings (SSSR count). The number of amides is 3. The van der Waals surface area contributed by atoms with E-state index in [0.717, 1.165) is 80.4 Å². The Morgan fingerprint density at radius 1 is 1.03 bits per heavy atom. The first-order chi connectivity index (χ1) is 18.3. The number of nitrogens with two attached hydrogens (primary N) is 1. The summed E-state index contributed by atoms with van der Waals surface area (Å²) in [5.41, 5.74) is 9.21. The van der Waals surface area contributed by atoms with Crippen molar-refractivity contribution < 1.29 is 14.4 Å².